The second-order valence-electron chi connectivity index (χ2n) is 14.0. The highest BCUT2D eigenvalue weighted by Gasteiger charge is 2.59. The number of carbonyl (C=O) groups excluding carboxylic acids is 1. The van der Waals surface area contributed by atoms with Gasteiger partial charge in [0.2, 0.25) is 5.91 Å². The van der Waals surface area contributed by atoms with Crippen LogP contribution in [0.15, 0.2) is 17.2 Å². The van der Waals surface area contributed by atoms with Crippen LogP contribution >= 0.6 is 11.3 Å². The molecule has 2 heterocycles. The van der Waals surface area contributed by atoms with Gasteiger partial charge in [0.1, 0.15) is 5.00 Å². The number of amides is 1. The minimum absolute atomic E-state index is 0.120. The Morgan fingerprint density at radius 2 is 1.92 bits per heavy atom. The summed E-state index contributed by atoms with van der Waals surface area (Å²) in [5.41, 5.74) is 5.36. The second-order valence-corrected chi connectivity index (χ2v) is 14.8. The Bertz CT molecular complexity index is 1060. The molecule has 1 saturated heterocycles. The van der Waals surface area contributed by atoms with Gasteiger partial charge >= 0.3 is 0 Å². The molecule has 0 aromatic carbocycles. The van der Waals surface area contributed by atoms with Crippen molar-refractivity contribution in [1.29, 1.82) is 0 Å². The molecule has 1 aromatic heterocycles. The third kappa shape index (κ3) is 4.46. The molecule has 38 heavy (non-hydrogen) atoms. The van der Waals surface area contributed by atoms with E-state index in [9.17, 15) is 9.90 Å². The van der Waals surface area contributed by atoms with E-state index in [0.29, 0.717) is 29.1 Å². The van der Waals surface area contributed by atoms with Crippen molar-refractivity contribution >= 4 is 22.2 Å². The van der Waals surface area contributed by atoms with E-state index in [1.165, 1.54) is 43.5 Å². The number of aromatic nitrogens is 1. The van der Waals surface area contributed by atoms with Crippen molar-refractivity contribution in [3.8, 4) is 0 Å². The quantitative estimate of drug-likeness (QED) is 0.437. The SMILES string of the molecule is Cc1ncsc1N1CCN(C(=O)CCC(C)[C@H]2CC[C@H]3[C@@H]4CC=C5C[C@@H](O)CC[C@]5(C)[C@H]4CC[C@]23C)CC1. The Morgan fingerprint density at radius 1 is 1.13 bits per heavy atom. The number of fused-ring (bicyclic) bond motifs is 5. The van der Waals surface area contributed by atoms with Gasteiger partial charge in [-0.1, -0.05) is 32.4 Å². The number of allylic oxidation sites excluding steroid dienone is 1. The molecule has 6 rings (SSSR count). The fraction of sp³-hybridized carbons (Fsp3) is 0.812. The first kappa shape index (κ1) is 26.8. The standard InChI is InChI=1S/C32H49N3O2S/c1-21(5-10-29(37)34-15-17-35(18-16-34)30-22(2)33-20-38-30)26-8-9-27-25-7-6-23-19-24(36)11-13-31(23,3)28(25)12-14-32(26,27)4/h6,20-21,24-28,36H,5,7-19H2,1-4H3/t21?,24-,25-,26+,27-,28-,31-,32+/m0/s1. The molecule has 3 saturated carbocycles. The van der Waals surface area contributed by atoms with Gasteiger partial charge in [0, 0.05) is 32.6 Å². The Labute approximate surface area is 234 Å². The lowest BCUT2D eigenvalue weighted by atomic mass is 9.47. The summed E-state index contributed by atoms with van der Waals surface area (Å²) in [5.74, 6) is 4.17. The Balaban J connectivity index is 1.05. The van der Waals surface area contributed by atoms with Crippen LogP contribution in [0, 0.1) is 47.3 Å². The van der Waals surface area contributed by atoms with Crippen LogP contribution < -0.4 is 4.90 Å². The van der Waals surface area contributed by atoms with Gasteiger partial charge in [0.15, 0.2) is 0 Å². The van der Waals surface area contributed by atoms with Crippen molar-refractivity contribution in [2.24, 2.45) is 40.4 Å². The van der Waals surface area contributed by atoms with Crippen LogP contribution in [0.25, 0.3) is 0 Å². The lowest BCUT2D eigenvalue weighted by Gasteiger charge is -2.58. The molecule has 1 amide bonds. The maximum atomic E-state index is 13.2. The fourth-order valence-electron chi connectivity index (χ4n) is 10.1. The summed E-state index contributed by atoms with van der Waals surface area (Å²) < 4.78 is 0. The summed E-state index contributed by atoms with van der Waals surface area (Å²) in [5, 5.41) is 11.6. The highest BCUT2D eigenvalue weighted by molar-refractivity contribution is 7.14. The van der Waals surface area contributed by atoms with Gasteiger partial charge in [0.25, 0.3) is 0 Å². The van der Waals surface area contributed by atoms with E-state index >= 15 is 0 Å². The molecule has 0 bridgehead atoms. The van der Waals surface area contributed by atoms with E-state index in [2.05, 4.69) is 48.6 Å². The molecule has 6 heteroatoms. The van der Waals surface area contributed by atoms with Crippen molar-refractivity contribution in [3.05, 3.63) is 22.9 Å². The molecule has 1 aromatic rings. The molecule has 210 valence electrons. The Kier molecular flexibility index (Phi) is 7.20. The maximum absolute atomic E-state index is 13.2. The summed E-state index contributed by atoms with van der Waals surface area (Å²) >= 11 is 1.71. The molecule has 1 aliphatic heterocycles. The molecule has 0 radical (unpaired) electrons. The number of rotatable bonds is 5. The highest BCUT2D eigenvalue weighted by atomic mass is 32.1. The number of thiazole rings is 1. The summed E-state index contributed by atoms with van der Waals surface area (Å²) in [6.45, 7) is 13.2. The molecular weight excluding hydrogens is 490 g/mol. The predicted octanol–water partition coefficient (Wildman–Crippen LogP) is 6.46. The molecule has 1 N–H and O–H groups in total. The van der Waals surface area contributed by atoms with Crippen molar-refractivity contribution < 1.29 is 9.90 Å². The average molecular weight is 540 g/mol. The van der Waals surface area contributed by atoms with Crippen molar-refractivity contribution in [1.82, 2.24) is 9.88 Å². The van der Waals surface area contributed by atoms with E-state index in [-0.39, 0.29) is 6.10 Å². The molecule has 8 atom stereocenters. The number of carbonyl (C=O) groups is 1. The molecule has 4 fully saturated rings. The Hall–Kier alpha value is -1.40. The number of hydrogen-bond donors (Lipinski definition) is 1. The minimum atomic E-state index is -0.120. The third-order valence-corrected chi connectivity index (χ3v) is 13.3. The van der Waals surface area contributed by atoms with Crippen LogP contribution in [0.1, 0.15) is 90.7 Å². The minimum Gasteiger partial charge on any atom is -0.393 e. The van der Waals surface area contributed by atoms with Gasteiger partial charge < -0.3 is 14.9 Å². The maximum Gasteiger partial charge on any atom is 0.222 e. The molecular formula is C32H49N3O2S. The molecule has 5 nitrogen and oxygen atoms in total. The largest absolute Gasteiger partial charge is 0.393 e. The first-order valence-corrected chi connectivity index (χ1v) is 16.4. The monoisotopic (exact) mass is 539 g/mol. The lowest BCUT2D eigenvalue weighted by molar-refractivity contribution is -0.132. The van der Waals surface area contributed by atoms with Crippen molar-refractivity contribution in [2.75, 3.05) is 31.1 Å². The summed E-state index contributed by atoms with van der Waals surface area (Å²) in [6, 6.07) is 0. The number of aliphatic hydroxyl groups is 1. The van der Waals surface area contributed by atoms with Crippen molar-refractivity contribution in [3.63, 3.8) is 0 Å². The molecule has 1 unspecified atom stereocenters. The average Bonchev–Trinajstić information content (AvgIpc) is 3.50. The van der Waals surface area contributed by atoms with E-state index in [1.807, 2.05) is 5.51 Å². The topological polar surface area (TPSA) is 56.7 Å². The predicted molar refractivity (Wildman–Crippen MR) is 155 cm³/mol. The van der Waals surface area contributed by atoms with E-state index in [1.54, 1.807) is 16.9 Å². The van der Waals surface area contributed by atoms with Gasteiger partial charge in [-0.25, -0.2) is 4.98 Å². The number of nitrogens with zero attached hydrogens (tertiary/aromatic N) is 3. The molecule has 0 spiro atoms. The Morgan fingerprint density at radius 3 is 2.66 bits per heavy atom. The molecule has 4 aliphatic carbocycles. The van der Waals surface area contributed by atoms with Gasteiger partial charge in [-0.05, 0) is 105 Å². The molecule has 5 aliphatic rings. The van der Waals surface area contributed by atoms with Gasteiger partial charge in [-0.3, -0.25) is 4.79 Å². The van der Waals surface area contributed by atoms with E-state index < -0.39 is 0 Å². The smallest absolute Gasteiger partial charge is 0.222 e. The van der Waals surface area contributed by atoms with Gasteiger partial charge in [-0.2, -0.15) is 0 Å². The summed E-state index contributed by atoms with van der Waals surface area (Å²) in [4.78, 5) is 22.1. The third-order valence-electron chi connectivity index (χ3n) is 12.3. The van der Waals surface area contributed by atoms with Crippen LogP contribution in [0.2, 0.25) is 0 Å². The second kappa shape index (κ2) is 10.2. The highest BCUT2D eigenvalue weighted by Crippen LogP contribution is 2.67. The van der Waals surface area contributed by atoms with Crippen LogP contribution in [-0.2, 0) is 4.79 Å². The van der Waals surface area contributed by atoms with Crippen LogP contribution in [0.5, 0.6) is 0 Å². The first-order valence-electron chi connectivity index (χ1n) is 15.5. The van der Waals surface area contributed by atoms with Crippen molar-refractivity contribution in [2.45, 2.75) is 98.0 Å². The number of aryl methyl sites for hydroxylation is 1. The van der Waals surface area contributed by atoms with Crippen LogP contribution in [0.3, 0.4) is 0 Å². The van der Waals surface area contributed by atoms with Gasteiger partial charge in [-0.15, -0.1) is 11.3 Å². The summed E-state index contributed by atoms with van der Waals surface area (Å²) in [6.07, 6.45) is 13.9. The van der Waals surface area contributed by atoms with Crippen LogP contribution in [-0.4, -0.2) is 53.2 Å². The zero-order valence-electron chi connectivity index (χ0n) is 24.1. The zero-order chi connectivity index (χ0) is 26.7. The lowest BCUT2D eigenvalue weighted by Crippen LogP contribution is -2.51. The number of anilines is 1. The zero-order valence-corrected chi connectivity index (χ0v) is 24.9. The number of aliphatic hydroxyl groups excluding tert-OH is 1. The fourth-order valence-corrected chi connectivity index (χ4v) is 11.0. The number of piperazine rings is 1. The summed E-state index contributed by atoms with van der Waals surface area (Å²) in [7, 11) is 0. The van der Waals surface area contributed by atoms with E-state index in [0.717, 1.165) is 74.8 Å². The van der Waals surface area contributed by atoms with E-state index in [4.69, 9.17) is 0 Å². The number of hydrogen-bond acceptors (Lipinski definition) is 5. The first-order chi connectivity index (χ1) is 18.2. The van der Waals surface area contributed by atoms with Gasteiger partial charge in [0.05, 0.1) is 17.3 Å². The van der Waals surface area contributed by atoms with Crippen LogP contribution in [0.4, 0.5) is 5.00 Å². The normalized spacial score (nSPS) is 39.7.